The number of nitrogens with zero attached hydrogens (tertiary/aromatic N) is 1. The van der Waals surface area contributed by atoms with Gasteiger partial charge in [0.1, 0.15) is 5.60 Å². The van der Waals surface area contributed by atoms with Gasteiger partial charge in [0, 0.05) is 6.54 Å². The average Bonchev–Trinajstić information content (AvgIpc) is 2.72. The van der Waals surface area contributed by atoms with Crippen molar-refractivity contribution in [1.29, 1.82) is 0 Å². The first-order valence-electron chi connectivity index (χ1n) is 6.41. The Morgan fingerprint density at radius 3 is 2.68 bits per heavy atom. The molecule has 2 amide bonds. The average molecular weight is 273 g/mol. The summed E-state index contributed by atoms with van der Waals surface area (Å²) in [4.78, 5) is 25.0. The second kappa shape index (κ2) is 6.21. The minimum absolute atomic E-state index is 0.0924. The molecule has 0 radical (unpaired) electrons. The Hall–Kier alpha value is -1.34. The zero-order valence-corrected chi connectivity index (χ0v) is 11.7. The first kappa shape index (κ1) is 15.7. The zero-order valence-electron chi connectivity index (χ0n) is 11.7. The van der Waals surface area contributed by atoms with E-state index in [1.54, 1.807) is 20.8 Å². The normalized spacial score (nSPS) is 21.1. The lowest BCUT2D eigenvalue weighted by Crippen LogP contribution is -2.55. The summed E-state index contributed by atoms with van der Waals surface area (Å²) < 4.78 is 5.02. The van der Waals surface area contributed by atoms with Gasteiger partial charge in [-0.15, -0.1) is 0 Å². The molecule has 0 bridgehead atoms. The van der Waals surface area contributed by atoms with Crippen molar-refractivity contribution in [2.45, 2.75) is 51.4 Å². The van der Waals surface area contributed by atoms with E-state index >= 15 is 0 Å². The quantitative estimate of drug-likeness (QED) is 0.617. The van der Waals surface area contributed by atoms with Crippen LogP contribution in [0.15, 0.2) is 0 Å². The number of amides is 2. The number of carbonyl (C=O) groups is 2. The van der Waals surface area contributed by atoms with Crippen molar-refractivity contribution in [2.75, 3.05) is 13.2 Å². The number of ether oxygens (including phenoxy) is 1. The lowest BCUT2D eigenvalue weighted by atomic mass is 10.2. The van der Waals surface area contributed by atoms with Crippen molar-refractivity contribution in [3.63, 3.8) is 0 Å². The van der Waals surface area contributed by atoms with Gasteiger partial charge in [-0.2, -0.15) is 0 Å². The summed E-state index contributed by atoms with van der Waals surface area (Å²) in [6, 6.07) is -0.209. The van der Waals surface area contributed by atoms with E-state index in [1.807, 2.05) is 0 Å². The molecule has 1 aliphatic heterocycles. The van der Waals surface area contributed by atoms with Crippen LogP contribution in [-0.4, -0.2) is 53.0 Å². The fourth-order valence-electron chi connectivity index (χ4n) is 1.99. The van der Waals surface area contributed by atoms with Gasteiger partial charge in [0.25, 0.3) is 5.91 Å². The summed E-state index contributed by atoms with van der Waals surface area (Å²) >= 11 is 0. The Labute approximate surface area is 113 Å². The standard InChI is InChI=1S/C12H23N3O4/c1-12(2,3)19-11(18)14-9(13)10(17)15-6-4-5-8(15)7-16/h8-9,16H,4-7,13H2,1-3H3,(H,14,18)/t8-,9+/m0/s1. The summed E-state index contributed by atoms with van der Waals surface area (Å²) in [5.74, 6) is -0.401. The molecule has 0 aliphatic carbocycles. The number of likely N-dealkylation sites (tertiary alicyclic amines) is 1. The highest BCUT2D eigenvalue weighted by Gasteiger charge is 2.32. The predicted molar refractivity (Wildman–Crippen MR) is 69.2 cm³/mol. The molecule has 0 unspecified atom stereocenters. The predicted octanol–water partition coefficient (Wildman–Crippen LogP) is -0.221. The molecule has 2 atom stereocenters. The first-order valence-corrected chi connectivity index (χ1v) is 6.41. The van der Waals surface area contributed by atoms with Crippen molar-refractivity contribution in [1.82, 2.24) is 10.2 Å². The van der Waals surface area contributed by atoms with Crippen LogP contribution in [0.25, 0.3) is 0 Å². The molecule has 110 valence electrons. The summed E-state index contributed by atoms with van der Waals surface area (Å²) in [6.07, 6.45) is -0.299. The smallest absolute Gasteiger partial charge is 0.409 e. The Bertz CT molecular complexity index is 340. The molecule has 19 heavy (non-hydrogen) atoms. The van der Waals surface area contributed by atoms with Crippen LogP contribution in [-0.2, 0) is 9.53 Å². The van der Waals surface area contributed by atoms with Crippen molar-refractivity contribution in [2.24, 2.45) is 5.73 Å². The molecule has 1 heterocycles. The maximum absolute atomic E-state index is 12.0. The van der Waals surface area contributed by atoms with Gasteiger partial charge in [-0.1, -0.05) is 0 Å². The van der Waals surface area contributed by atoms with Gasteiger partial charge >= 0.3 is 6.09 Å². The molecule has 1 fully saturated rings. The van der Waals surface area contributed by atoms with E-state index < -0.39 is 23.8 Å². The van der Waals surface area contributed by atoms with Crippen LogP contribution < -0.4 is 11.1 Å². The van der Waals surface area contributed by atoms with E-state index in [4.69, 9.17) is 15.6 Å². The van der Waals surface area contributed by atoms with Gasteiger partial charge < -0.3 is 20.5 Å². The molecular weight excluding hydrogens is 250 g/mol. The molecule has 1 saturated heterocycles. The Morgan fingerprint density at radius 2 is 2.16 bits per heavy atom. The Kier molecular flexibility index (Phi) is 5.13. The molecule has 7 heteroatoms. The maximum atomic E-state index is 12.0. The number of aliphatic hydroxyl groups is 1. The van der Waals surface area contributed by atoms with Gasteiger partial charge in [-0.3, -0.25) is 10.1 Å². The number of nitrogens with one attached hydrogen (secondary N) is 1. The number of hydrogen-bond donors (Lipinski definition) is 3. The Morgan fingerprint density at radius 1 is 1.53 bits per heavy atom. The summed E-state index contributed by atoms with van der Waals surface area (Å²) in [5.41, 5.74) is 5.00. The highest BCUT2D eigenvalue weighted by molar-refractivity contribution is 5.85. The minimum atomic E-state index is -1.15. The lowest BCUT2D eigenvalue weighted by molar-refractivity contribution is -0.134. The molecule has 0 aromatic rings. The molecule has 0 aromatic carbocycles. The largest absolute Gasteiger partial charge is 0.444 e. The van der Waals surface area contributed by atoms with Gasteiger partial charge in [-0.25, -0.2) is 4.79 Å². The van der Waals surface area contributed by atoms with Gasteiger partial charge in [0.05, 0.1) is 12.6 Å². The van der Waals surface area contributed by atoms with Crippen molar-refractivity contribution in [3.8, 4) is 0 Å². The minimum Gasteiger partial charge on any atom is -0.444 e. The topological polar surface area (TPSA) is 105 Å². The summed E-state index contributed by atoms with van der Waals surface area (Å²) in [5, 5.41) is 11.5. The third-order valence-electron chi connectivity index (χ3n) is 2.81. The highest BCUT2D eigenvalue weighted by Crippen LogP contribution is 2.17. The van der Waals surface area contributed by atoms with E-state index in [2.05, 4.69) is 5.32 Å². The highest BCUT2D eigenvalue weighted by atomic mass is 16.6. The van der Waals surface area contributed by atoms with E-state index in [-0.39, 0.29) is 12.6 Å². The monoisotopic (exact) mass is 273 g/mol. The number of aliphatic hydroxyl groups excluding tert-OH is 1. The second-order valence-electron chi connectivity index (χ2n) is 5.63. The van der Waals surface area contributed by atoms with Crippen molar-refractivity contribution < 1.29 is 19.4 Å². The van der Waals surface area contributed by atoms with Gasteiger partial charge in [-0.05, 0) is 33.6 Å². The SMILES string of the molecule is CC(C)(C)OC(=O)N[C@@H](N)C(=O)N1CCC[C@H]1CO. The van der Waals surface area contributed by atoms with Crippen LogP contribution in [0.2, 0.25) is 0 Å². The lowest BCUT2D eigenvalue weighted by Gasteiger charge is -2.27. The molecule has 0 saturated carbocycles. The van der Waals surface area contributed by atoms with E-state index in [0.717, 1.165) is 12.8 Å². The molecule has 7 nitrogen and oxygen atoms in total. The molecule has 0 spiro atoms. The third kappa shape index (κ3) is 4.68. The van der Waals surface area contributed by atoms with Crippen LogP contribution in [0.5, 0.6) is 0 Å². The van der Waals surface area contributed by atoms with Crippen LogP contribution in [0.1, 0.15) is 33.6 Å². The molecule has 0 aromatic heterocycles. The number of alkyl carbamates (subject to hydrolysis) is 1. The molecule has 1 rings (SSSR count). The van der Waals surface area contributed by atoms with E-state index in [1.165, 1.54) is 4.90 Å². The third-order valence-corrected chi connectivity index (χ3v) is 2.81. The number of nitrogens with two attached hydrogens (primary N) is 1. The van der Waals surface area contributed by atoms with Gasteiger partial charge in [0.2, 0.25) is 0 Å². The van der Waals surface area contributed by atoms with Crippen LogP contribution >= 0.6 is 0 Å². The van der Waals surface area contributed by atoms with E-state index in [0.29, 0.717) is 6.54 Å². The fourth-order valence-corrected chi connectivity index (χ4v) is 1.99. The van der Waals surface area contributed by atoms with Gasteiger partial charge in [0.15, 0.2) is 6.17 Å². The van der Waals surface area contributed by atoms with Crippen molar-refractivity contribution in [3.05, 3.63) is 0 Å². The van der Waals surface area contributed by atoms with E-state index in [9.17, 15) is 9.59 Å². The van der Waals surface area contributed by atoms with Crippen LogP contribution in [0.3, 0.4) is 0 Å². The molecule has 1 aliphatic rings. The van der Waals surface area contributed by atoms with Crippen LogP contribution in [0, 0.1) is 0 Å². The number of carbonyl (C=O) groups excluding carboxylic acids is 2. The summed E-state index contributed by atoms with van der Waals surface area (Å²) in [6.45, 7) is 5.63. The first-order chi connectivity index (χ1) is 8.74. The number of hydrogen-bond acceptors (Lipinski definition) is 5. The zero-order chi connectivity index (χ0) is 14.6. The van der Waals surface area contributed by atoms with Crippen molar-refractivity contribution >= 4 is 12.0 Å². The molecular formula is C12H23N3O4. The van der Waals surface area contributed by atoms with Crippen LogP contribution in [0.4, 0.5) is 4.79 Å². The number of rotatable bonds is 3. The second-order valence-corrected chi connectivity index (χ2v) is 5.63. The maximum Gasteiger partial charge on any atom is 0.409 e. The molecule has 4 N–H and O–H groups in total. The fraction of sp³-hybridized carbons (Fsp3) is 0.833. The Balaban J connectivity index is 2.51. The summed E-state index contributed by atoms with van der Waals surface area (Å²) in [7, 11) is 0.